The van der Waals surface area contributed by atoms with Crippen LogP contribution in [0.2, 0.25) is 0 Å². The third kappa shape index (κ3) is 2.10. The minimum absolute atomic E-state index is 0.0491. The van der Waals surface area contributed by atoms with Gasteiger partial charge in [-0.3, -0.25) is 4.79 Å². The Morgan fingerprint density at radius 3 is 3.20 bits per heavy atom. The number of carboxylic acids is 1. The van der Waals surface area contributed by atoms with Gasteiger partial charge in [-0.1, -0.05) is 11.8 Å². The molecule has 10 heavy (non-hydrogen) atoms. The lowest BCUT2D eigenvalue weighted by molar-refractivity contribution is -0.133. The molecule has 0 amide bonds. The molecule has 1 aromatic heterocycles. The normalized spacial score (nSPS) is 9.60. The molecule has 0 aliphatic carbocycles. The van der Waals surface area contributed by atoms with Crippen LogP contribution in [0.4, 0.5) is 0 Å². The predicted molar refractivity (Wildman–Crippen MR) is 36.9 cm³/mol. The quantitative estimate of drug-likeness (QED) is 0.632. The maximum absolute atomic E-state index is 10.0. The largest absolute Gasteiger partial charge is 0.481 e. The molecule has 5 heteroatoms. The van der Waals surface area contributed by atoms with Crippen LogP contribution in [0.15, 0.2) is 17.6 Å². The molecule has 0 atom stereocenters. The number of imidazole rings is 1. The zero-order chi connectivity index (χ0) is 7.40. The zero-order valence-corrected chi connectivity index (χ0v) is 5.89. The Labute approximate surface area is 61.7 Å². The molecule has 0 radical (unpaired) electrons. The second-order valence-electron chi connectivity index (χ2n) is 1.58. The summed E-state index contributed by atoms with van der Waals surface area (Å²) in [4.78, 5) is 16.6. The van der Waals surface area contributed by atoms with Crippen molar-refractivity contribution >= 4 is 17.7 Å². The van der Waals surface area contributed by atoms with Crippen LogP contribution in [0.5, 0.6) is 0 Å². The van der Waals surface area contributed by atoms with Gasteiger partial charge in [0.2, 0.25) is 0 Å². The van der Waals surface area contributed by atoms with Gasteiger partial charge < -0.3 is 10.1 Å². The standard InChI is InChI=1S/C5H6N2O2S/c8-4(9)3-10-5-6-1-2-7-5/h1-2H,3H2,(H,6,7)(H,8,9). The van der Waals surface area contributed by atoms with Gasteiger partial charge in [0.1, 0.15) is 0 Å². The third-order valence-electron chi connectivity index (χ3n) is 0.805. The second kappa shape index (κ2) is 3.26. The molecular weight excluding hydrogens is 152 g/mol. The third-order valence-corrected chi connectivity index (χ3v) is 1.69. The van der Waals surface area contributed by atoms with E-state index in [1.54, 1.807) is 12.4 Å². The van der Waals surface area contributed by atoms with E-state index >= 15 is 0 Å². The SMILES string of the molecule is O=C(O)CSc1ncc[nH]1. The molecule has 0 unspecified atom stereocenters. The predicted octanol–water partition coefficient (Wildman–Crippen LogP) is 0.586. The number of thioether (sulfide) groups is 1. The molecule has 0 aliphatic heterocycles. The summed E-state index contributed by atoms with van der Waals surface area (Å²) in [5.41, 5.74) is 0. The van der Waals surface area contributed by atoms with Crippen molar-refractivity contribution in [2.24, 2.45) is 0 Å². The molecular formula is C5H6N2O2S. The highest BCUT2D eigenvalue weighted by atomic mass is 32.2. The smallest absolute Gasteiger partial charge is 0.313 e. The summed E-state index contributed by atoms with van der Waals surface area (Å²) in [6.07, 6.45) is 3.24. The lowest BCUT2D eigenvalue weighted by Crippen LogP contribution is -1.97. The van der Waals surface area contributed by atoms with Crippen molar-refractivity contribution in [1.82, 2.24) is 9.97 Å². The molecule has 0 saturated heterocycles. The first-order chi connectivity index (χ1) is 4.79. The highest BCUT2D eigenvalue weighted by Gasteiger charge is 1.99. The molecule has 0 aliphatic rings. The van der Waals surface area contributed by atoms with Crippen LogP contribution >= 0.6 is 11.8 Å². The van der Waals surface area contributed by atoms with Gasteiger partial charge in [0.15, 0.2) is 5.16 Å². The highest BCUT2D eigenvalue weighted by Crippen LogP contribution is 2.09. The Morgan fingerprint density at radius 2 is 2.70 bits per heavy atom. The van der Waals surface area contributed by atoms with Gasteiger partial charge in [-0.15, -0.1) is 0 Å². The number of hydrogen-bond donors (Lipinski definition) is 2. The van der Waals surface area contributed by atoms with Crippen molar-refractivity contribution < 1.29 is 9.90 Å². The van der Waals surface area contributed by atoms with E-state index in [0.29, 0.717) is 5.16 Å². The van der Waals surface area contributed by atoms with Crippen LogP contribution in [-0.2, 0) is 4.79 Å². The number of H-pyrrole nitrogens is 1. The van der Waals surface area contributed by atoms with E-state index in [0.717, 1.165) is 0 Å². The van der Waals surface area contributed by atoms with E-state index in [9.17, 15) is 4.79 Å². The molecule has 2 N–H and O–H groups in total. The lowest BCUT2D eigenvalue weighted by atomic mass is 10.8. The average molecular weight is 158 g/mol. The summed E-state index contributed by atoms with van der Waals surface area (Å²) in [5, 5.41) is 8.89. The number of rotatable bonds is 3. The molecule has 0 fully saturated rings. The number of hydrogen-bond acceptors (Lipinski definition) is 3. The zero-order valence-electron chi connectivity index (χ0n) is 5.07. The maximum atomic E-state index is 10.0. The minimum atomic E-state index is -0.832. The van der Waals surface area contributed by atoms with Crippen LogP contribution < -0.4 is 0 Å². The summed E-state index contributed by atoms with van der Waals surface area (Å²) in [5.74, 6) is -0.783. The number of aromatic amines is 1. The van der Waals surface area contributed by atoms with E-state index < -0.39 is 5.97 Å². The molecule has 1 rings (SSSR count). The number of carboxylic acid groups (broad SMARTS) is 1. The molecule has 1 aromatic rings. The van der Waals surface area contributed by atoms with Gasteiger partial charge in [-0.05, 0) is 0 Å². The molecule has 0 bridgehead atoms. The fourth-order valence-corrected chi connectivity index (χ4v) is 1.01. The van der Waals surface area contributed by atoms with Crippen LogP contribution in [0, 0.1) is 0 Å². The number of nitrogens with one attached hydrogen (secondary N) is 1. The summed E-state index contributed by atoms with van der Waals surface area (Å²) in [6.45, 7) is 0. The van der Waals surface area contributed by atoms with Crippen LogP contribution in [-0.4, -0.2) is 26.8 Å². The summed E-state index contributed by atoms with van der Waals surface area (Å²) < 4.78 is 0. The first-order valence-corrected chi connectivity index (χ1v) is 3.61. The van der Waals surface area contributed by atoms with Crippen LogP contribution in [0.3, 0.4) is 0 Å². The van der Waals surface area contributed by atoms with Gasteiger partial charge in [0.25, 0.3) is 0 Å². The topological polar surface area (TPSA) is 66.0 Å². The number of carbonyl (C=O) groups is 1. The summed E-state index contributed by atoms with van der Waals surface area (Å²) in [7, 11) is 0. The fraction of sp³-hybridized carbons (Fsp3) is 0.200. The monoisotopic (exact) mass is 158 g/mol. The number of aliphatic carboxylic acids is 1. The Balaban J connectivity index is 2.35. The average Bonchev–Trinajstić information content (AvgIpc) is 2.34. The van der Waals surface area contributed by atoms with Crippen LogP contribution in [0.25, 0.3) is 0 Å². The minimum Gasteiger partial charge on any atom is -0.481 e. The van der Waals surface area contributed by atoms with Crippen LogP contribution in [0.1, 0.15) is 0 Å². The van der Waals surface area contributed by atoms with E-state index in [1.807, 2.05) is 0 Å². The Kier molecular flexibility index (Phi) is 2.33. The molecule has 4 nitrogen and oxygen atoms in total. The maximum Gasteiger partial charge on any atom is 0.313 e. The fourth-order valence-electron chi connectivity index (χ4n) is 0.460. The Morgan fingerprint density at radius 1 is 1.90 bits per heavy atom. The summed E-state index contributed by atoms with van der Waals surface area (Å²) >= 11 is 1.17. The van der Waals surface area contributed by atoms with Crippen molar-refractivity contribution in [3.05, 3.63) is 12.4 Å². The van der Waals surface area contributed by atoms with Crippen molar-refractivity contribution in [3.8, 4) is 0 Å². The molecule has 54 valence electrons. The van der Waals surface area contributed by atoms with E-state index in [-0.39, 0.29) is 5.75 Å². The molecule has 1 heterocycles. The lowest BCUT2D eigenvalue weighted by Gasteiger charge is -1.89. The molecule has 0 saturated carbocycles. The van der Waals surface area contributed by atoms with E-state index in [4.69, 9.17) is 5.11 Å². The number of aromatic nitrogens is 2. The van der Waals surface area contributed by atoms with Crippen molar-refractivity contribution in [2.75, 3.05) is 5.75 Å². The van der Waals surface area contributed by atoms with Gasteiger partial charge in [0, 0.05) is 12.4 Å². The van der Waals surface area contributed by atoms with E-state index in [1.165, 1.54) is 11.8 Å². The van der Waals surface area contributed by atoms with Crippen molar-refractivity contribution in [3.63, 3.8) is 0 Å². The van der Waals surface area contributed by atoms with Gasteiger partial charge in [0.05, 0.1) is 5.75 Å². The van der Waals surface area contributed by atoms with Gasteiger partial charge in [-0.2, -0.15) is 0 Å². The number of nitrogens with zero attached hydrogens (tertiary/aromatic N) is 1. The molecule has 0 aromatic carbocycles. The summed E-state index contributed by atoms with van der Waals surface area (Å²) in [6, 6.07) is 0. The van der Waals surface area contributed by atoms with Gasteiger partial charge in [-0.25, -0.2) is 4.98 Å². The Bertz CT molecular complexity index is 209. The van der Waals surface area contributed by atoms with E-state index in [2.05, 4.69) is 9.97 Å². The van der Waals surface area contributed by atoms with Crippen molar-refractivity contribution in [2.45, 2.75) is 5.16 Å². The molecule has 0 spiro atoms. The van der Waals surface area contributed by atoms with Crippen molar-refractivity contribution in [1.29, 1.82) is 0 Å². The Hall–Kier alpha value is -0.970. The first kappa shape index (κ1) is 7.14. The first-order valence-electron chi connectivity index (χ1n) is 2.63. The second-order valence-corrected chi connectivity index (χ2v) is 2.54. The van der Waals surface area contributed by atoms with Gasteiger partial charge >= 0.3 is 5.97 Å². The highest BCUT2D eigenvalue weighted by molar-refractivity contribution is 7.99.